The minimum atomic E-state index is -4.55. The van der Waals surface area contributed by atoms with Crippen LogP contribution < -0.4 is 14.8 Å². The molecule has 10 heteroatoms. The van der Waals surface area contributed by atoms with Gasteiger partial charge in [-0.2, -0.15) is 13.2 Å². The third-order valence-electron chi connectivity index (χ3n) is 4.47. The Bertz CT molecular complexity index is 1130. The number of aryl methyl sites for hydroxylation is 1. The van der Waals surface area contributed by atoms with E-state index < -0.39 is 17.6 Å². The summed E-state index contributed by atoms with van der Waals surface area (Å²) < 4.78 is 55.3. The van der Waals surface area contributed by atoms with Gasteiger partial charge in [0.15, 0.2) is 0 Å². The highest BCUT2D eigenvalue weighted by atomic mass is 32.1. The summed E-state index contributed by atoms with van der Waals surface area (Å²) in [5.74, 6) is 0.160. The normalized spacial score (nSPS) is 11.6. The van der Waals surface area contributed by atoms with Gasteiger partial charge in [-0.25, -0.2) is 4.98 Å². The van der Waals surface area contributed by atoms with Gasteiger partial charge in [-0.3, -0.25) is 4.79 Å². The van der Waals surface area contributed by atoms with Crippen LogP contribution in [0.3, 0.4) is 0 Å². The van der Waals surface area contributed by atoms with Gasteiger partial charge < -0.3 is 19.5 Å². The van der Waals surface area contributed by atoms with Crippen molar-refractivity contribution in [3.63, 3.8) is 0 Å². The van der Waals surface area contributed by atoms with Crippen LogP contribution in [0.5, 0.6) is 11.5 Å². The third kappa shape index (κ3) is 7.60. The highest BCUT2D eigenvalue weighted by molar-refractivity contribution is 7.09. The maximum absolute atomic E-state index is 13.1. The number of thiazole rings is 1. The van der Waals surface area contributed by atoms with Crippen LogP contribution in [0.15, 0.2) is 53.9 Å². The zero-order chi connectivity index (χ0) is 24.6. The Morgan fingerprint density at radius 3 is 2.53 bits per heavy atom. The largest absolute Gasteiger partial charge is 0.489 e. The minimum absolute atomic E-state index is 0.0818. The smallest absolute Gasteiger partial charge is 0.416 e. The molecule has 0 aliphatic heterocycles. The summed E-state index contributed by atoms with van der Waals surface area (Å²) in [6.45, 7) is 2.65. The van der Waals surface area contributed by atoms with Gasteiger partial charge in [0.05, 0.1) is 28.6 Å². The number of halogens is 3. The van der Waals surface area contributed by atoms with Gasteiger partial charge in [0.25, 0.3) is 0 Å². The molecule has 34 heavy (non-hydrogen) atoms. The lowest BCUT2D eigenvalue weighted by Gasteiger charge is -2.14. The number of carbonyl (C=O) groups excluding carboxylic acids is 1. The van der Waals surface area contributed by atoms with E-state index in [2.05, 4.69) is 10.3 Å². The molecule has 0 fully saturated rings. The Morgan fingerprint density at radius 2 is 1.88 bits per heavy atom. The van der Waals surface area contributed by atoms with Gasteiger partial charge in [-0.1, -0.05) is 12.1 Å². The van der Waals surface area contributed by atoms with Crippen LogP contribution >= 0.6 is 11.3 Å². The first-order valence-electron chi connectivity index (χ1n) is 10.2. The van der Waals surface area contributed by atoms with Crippen LogP contribution in [0.2, 0.25) is 0 Å². The predicted molar refractivity (Wildman–Crippen MR) is 124 cm³/mol. The number of benzene rings is 2. The van der Waals surface area contributed by atoms with Gasteiger partial charge in [0.1, 0.15) is 24.7 Å². The van der Waals surface area contributed by atoms with Crippen molar-refractivity contribution in [3.8, 4) is 11.5 Å². The topological polar surface area (TPSA) is 69.7 Å². The molecule has 0 radical (unpaired) electrons. The molecule has 0 unspecified atom stereocenters. The third-order valence-corrected chi connectivity index (χ3v) is 5.29. The van der Waals surface area contributed by atoms with Gasteiger partial charge in [0.2, 0.25) is 5.91 Å². The molecule has 0 saturated heterocycles. The monoisotopic (exact) mass is 492 g/mol. The summed E-state index contributed by atoms with van der Waals surface area (Å²) in [5.41, 5.74) is 0.590. The molecule has 3 rings (SSSR count). The minimum Gasteiger partial charge on any atom is -0.489 e. The Labute approximate surface area is 199 Å². The molecular formula is C24H23F3N2O4S. The van der Waals surface area contributed by atoms with E-state index in [4.69, 9.17) is 14.2 Å². The molecule has 1 N–H and O–H groups in total. The Hall–Kier alpha value is -3.37. The van der Waals surface area contributed by atoms with Gasteiger partial charge in [-0.15, -0.1) is 11.3 Å². The maximum Gasteiger partial charge on any atom is 0.416 e. The van der Waals surface area contributed by atoms with Crippen LogP contribution in [0.25, 0.3) is 6.08 Å². The zero-order valence-electron chi connectivity index (χ0n) is 18.5. The van der Waals surface area contributed by atoms with Crippen molar-refractivity contribution in [2.24, 2.45) is 0 Å². The van der Waals surface area contributed by atoms with Gasteiger partial charge >= 0.3 is 6.18 Å². The lowest BCUT2D eigenvalue weighted by atomic mass is 10.1. The van der Waals surface area contributed by atoms with Gasteiger partial charge in [-0.05, 0) is 48.9 Å². The van der Waals surface area contributed by atoms with E-state index in [0.717, 1.165) is 22.8 Å². The highest BCUT2D eigenvalue weighted by Gasteiger charge is 2.31. The number of hydrogen-bond donors (Lipinski definition) is 1. The van der Waals surface area contributed by atoms with Crippen molar-refractivity contribution < 1.29 is 32.2 Å². The molecule has 0 aliphatic rings. The standard InChI is InChI=1S/C24H23F3N2O4S/c1-16-28-19(15-34-16)14-33-20-7-3-17(4-8-20)5-10-23(30)29-21-13-18(24(25,26)27)6-9-22(21)32-12-11-31-2/h3-10,13,15H,11-12,14H2,1-2H3,(H,29,30). The predicted octanol–water partition coefficient (Wildman–Crippen LogP) is 5.73. The van der Waals surface area contributed by atoms with Crippen molar-refractivity contribution in [1.29, 1.82) is 0 Å². The molecule has 1 aromatic heterocycles. The Balaban J connectivity index is 1.62. The molecule has 0 aliphatic carbocycles. The fourth-order valence-corrected chi connectivity index (χ4v) is 3.42. The summed E-state index contributed by atoms with van der Waals surface area (Å²) in [5, 5.41) is 5.35. The van der Waals surface area contributed by atoms with Crippen LogP contribution in [0.1, 0.15) is 21.8 Å². The second-order valence-electron chi connectivity index (χ2n) is 7.09. The van der Waals surface area contributed by atoms with Crippen LogP contribution in [-0.2, 0) is 22.3 Å². The van der Waals surface area contributed by atoms with E-state index in [1.54, 1.807) is 41.7 Å². The van der Waals surface area contributed by atoms with E-state index in [-0.39, 0.29) is 24.7 Å². The molecular weight excluding hydrogens is 469 g/mol. The highest BCUT2D eigenvalue weighted by Crippen LogP contribution is 2.35. The van der Waals surface area contributed by atoms with Crippen LogP contribution in [0.4, 0.5) is 18.9 Å². The quantitative estimate of drug-likeness (QED) is 0.289. The van der Waals surface area contributed by atoms with Crippen molar-refractivity contribution >= 4 is 29.0 Å². The first-order valence-corrected chi connectivity index (χ1v) is 11.1. The maximum atomic E-state index is 13.1. The van der Waals surface area contributed by atoms with Gasteiger partial charge in [0, 0.05) is 18.6 Å². The number of amides is 1. The number of nitrogens with zero attached hydrogens (tertiary/aromatic N) is 1. The molecule has 180 valence electrons. The molecule has 0 bridgehead atoms. The zero-order valence-corrected chi connectivity index (χ0v) is 19.3. The molecule has 3 aromatic rings. The first-order chi connectivity index (χ1) is 16.2. The first kappa shape index (κ1) is 25.3. The number of alkyl halides is 3. The number of ether oxygens (including phenoxy) is 3. The number of carbonyl (C=O) groups is 1. The number of anilines is 1. The average molecular weight is 493 g/mol. The Morgan fingerprint density at radius 1 is 1.12 bits per heavy atom. The molecule has 2 aromatic carbocycles. The number of aromatic nitrogens is 1. The summed E-state index contributed by atoms with van der Waals surface area (Å²) in [6, 6.07) is 9.93. The van der Waals surface area contributed by atoms with Crippen molar-refractivity contribution in [1.82, 2.24) is 4.98 Å². The van der Waals surface area contributed by atoms with E-state index in [1.165, 1.54) is 19.3 Å². The molecule has 1 amide bonds. The van der Waals surface area contributed by atoms with E-state index in [1.807, 2.05) is 12.3 Å². The van der Waals surface area contributed by atoms with E-state index in [0.29, 0.717) is 17.9 Å². The molecule has 0 saturated carbocycles. The van der Waals surface area contributed by atoms with Crippen LogP contribution in [0, 0.1) is 6.92 Å². The number of methoxy groups -OCH3 is 1. The lowest BCUT2D eigenvalue weighted by molar-refractivity contribution is -0.137. The van der Waals surface area contributed by atoms with E-state index in [9.17, 15) is 18.0 Å². The molecule has 1 heterocycles. The Kier molecular flexibility index (Phi) is 8.67. The van der Waals surface area contributed by atoms with Crippen molar-refractivity contribution in [2.45, 2.75) is 19.7 Å². The summed E-state index contributed by atoms with van der Waals surface area (Å²) >= 11 is 1.55. The molecule has 0 spiro atoms. The molecule has 6 nitrogen and oxygen atoms in total. The summed E-state index contributed by atoms with van der Waals surface area (Å²) in [6.07, 6.45) is -1.78. The second kappa shape index (κ2) is 11.7. The van der Waals surface area contributed by atoms with E-state index >= 15 is 0 Å². The van der Waals surface area contributed by atoms with Crippen molar-refractivity contribution in [2.75, 3.05) is 25.6 Å². The lowest BCUT2D eigenvalue weighted by Crippen LogP contribution is -2.13. The van der Waals surface area contributed by atoms with Crippen molar-refractivity contribution in [3.05, 3.63) is 75.7 Å². The number of rotatable bonds is 10. The number of hydrogen-bond acceptors (Lipinski definition) is 6. The summed E-state index contributed by atoms with van der Waals surface area (Å²) in [4.78, 5) is 16.7. The fraction of sp³-hybridized carbons (Fsp3) is 0.250. The fourth-order valence-electron chi connectivity index (χ4n) is 2.82. The average Bonchev–Trinajstić information content (AvgIpc) is 3.22. The number of nitrogens with one attached hydrogen (secondary N) is 1. The second-order valence-corrected chi connectivity index (χ2v) is 8.15. The molecule has 0 atom stereocenters. The summed E-state index contributed by atoms with van der Waals surface area (Å²) in [7, 11) is 1.48. The SMILES string of the molecule is COCCOc1ccc(C(F)(F)F)cc1NC(=O)C=Cc1ccc(OCc2csc(C)n2)cc1. The van der Waals surface area contributed by atoms with Crippen LogP contribution in [-0.4, -0.2) is 31.2 Å².